The van der Waals surface area contributed by atoms with Crippen LogP contribution in [0.2, 0.25) is 0 Å². The summed E-state index contributed by atoms with van der Waals surface area (Å²) in [5.74, 6) is 0.780. The summed E-state index contributed by atoms with van der Waals surface area (Å²) in [6.45, 7) is 13.3. The minimum Gasteiger partial charge on any atom is -0.315 e. The summed E-state index contributed by atoms with van der Waals surface area (Å²) in [5, 5.41) is 3.56. The highest BCUT2D eigenvalue weighted by Crippen LogP contribution is 2.07. The average Bonchev–Trinajstić information content (AvgIpc) is 2.41. The van der Waals surface area contributed by atoms with Crippen LogP contribution in [0.3, 0.4) is 0 Å². The lowest BCUT2D eigenvalue weighted by Gasteiger charge is -2.28. The third-order valence-corrected chi connectivity index (χ3v) is 3.50. The monoisotopic (exact) mass is 263 g/mol. The number of nitrogens with one attached hydrogen (secondary N) is 1. The van der Waals surface area contributed by atoms with E-state index in [1.807, 2.05) is 12.4 Å². The van der Waals surface area contributed by atoms with Crippen LogP contribution in [0.1, 0.15) is 39.7 Å². The van der Waals surface area contributed by atoms with Crippen LogP contribution < -0.4 is 5.32 Å². The third-order valence-electron chi connectivity index (χ3n) is 3.50. The fourth-order valence-electron chi connectivity index (χ4n) is 2.13. The molecule has 1 aromatic heterocycles. The molecule has 0 aliphatic carbocycles. The van der Waals surface area contributed by atoms with Crippen molar-refractivity contribution < 1.29 is 0 Å². The summed E-state index contributed by atoms with van der Waals surface area (Å²) in [5.41, 5.74) is 1.34. The second-order valence-electron chi connectivity index (χ2n) is 5.65. The van der Waals surface area contributed by atoms with Crippen LogP contribution >= 0.6 is 0 Å². The maximum atomic E-state index is 4.07. The first-order chi connectivity index (χ1) is 9.13. The smallest absolute Gasteiger partial charge is 0.0271 e. The molecule has 1 atom stereocenters. The normalized spacial score (nSPS) is 13.2. The Morgan fingerprint density at radius 2 is 1.89 bits per heavy atom. The van der Waals surface area contributed by atoms with E-state index in [0.29, 0.717) is 6.04 Å². The van der Waals surface area contributed by atoms with E-state index >= 15 is 0 Å². The molecule has 0 amide bonds. The van der Waals surface area contributed by atoms with Crippen molar-refractivity contribution in [2.24, 2.45) is 5.92 Å². The van der Waals surface area contributed by atoms with Crippen LogP contribution in [-0.2, 0) is 6.54 Å². The minimum atomic E-state index is 0.560. The minimum absolute atomic E-state index is 0.560. The van der Waals surface area contributed by atoms with E-state index in [-0.39, 0.29) is 0 Å². The van der Waals surface area contributed by atoms with Gasteiger partial charge >= 0.3 is 0 Å². The van der Waals surface area contributed by atoms with Gasteiger partial charge in [0, 0.05) is 31.5 Å². The highest BCUT2D eigenvalue weighted by Gasteiger charge is 2.11. The zero-order valence-electron chi connectivity index (χ0n) is 12.9. The van der Waals surface area contributed by atoms with Crippen molar-refractivity contribution in [3.8, 4) is 0 Å². The molecule has 0 fully saturated rings. The largest absolute Gasteiger partial charge is 0.315 e. The van der Waals surface area contributed by atoms with Gasteiger partial charge in [0.15, 0.2) is 0 Å². The molecule has 0 radical (unpaired) electrons. The van der Waals surface area contributed by atoms with Crippen LogP contribution in [0.4, 0.5) is 0 Å². The second kappa shape index (κ2) is 9.05. The Balaban J connectivity index is 2.33. The van der Waals surface area contributed by atoms with E-state index < -0.39 is 0 Å². The summed E-state index contributed by atoms with van der Waals surface area (Å²) in [6.07, 6.45) is 4.99. The lowest BCUT2D eigenvalue weighted by atomic mass is 10.1. The summed E-state index contributed by atoms with van der Waals surface area (Å²) in [6, 6.07) is 4.76. The SMILES string of the molecule is CCN(Cc1ccncc1)C(C)CNCCC(C)C. The first kappa shape index (κ1) is 16.1. The van der Waals surface area contributed by atoms with E-state index in [1.165, 1.54) is 12.0 Å². The molecule has 0 aliphatic rings. The van der Waals surface area contributed by atoms with Crippen LogP contribution in [0.25, 0.3) is 0 Å². The zero-order valence-corrected chi connectivity index (χ0v) is 12.9. The van der Waals surface area contributed by atoms with Gasteiger partial charge in [-0.1, -0.05) is 20.8 Å². The Bertz CT molecular complexity index is 324. The molecule has 1 aromatic rings. The predicted octanol–water partition coefficient (Wildman–Crippen LogP) is 2.93. The van der Waals surface area contributed by atoms with Crippen LogP contribution in [0.5, 0.6) is 0 Å². The highest BCUT2D eigenvalue weighted by atomic mass is 15.2. The Labute approximate surface area is 118 Å². The van der Waals surface area contributed by atoms with E-state index in [0.717, 1.165) is 32.1 Å². The molecule has 0 aromatic carbocycles. The number of aromatic nitrogens is 1. The van der Waals surface area contributed by atoms with E-state index in [2.05, 4.69) is 55.0 Å². The lowest BCUT2D eigenvalue weighted by molar-refractivity contribution is 0.205. The number of hydrogen-bond donors (Lipinski definition) is 1. The van der Waals surface area contributed by atoms with Gasteiger partial charge in [-0.3, -0.25) is 9.88 Å². The maximum absolute atomic E-state index is 4.07. The first-order valence-corrected chi connectivity index (χ1v) is 7.47. The predicted molar refractivity (Wildman–Crippen MR) is 82.1 cm³/mol. The molecule has 19 heavy (non-hydrogen) atoms. The zero-order chi connectivity index (χ0) is 14.1. The molecule has 1 unspecified atom stereocenters. The van der Waals surface area contributed by atoms with Gasteiger partial charge in [0.05, 0.1) is 0 Å². The standard InChI is InChI=1S/C16H29N3/c1-5-19(13-16-7-10-17-11-8-16)15(4)12-18-9-6-14(2)3/h7-8,10-11,14-15,18H,5-6,9,12-13H2,1-4H3. The molecule has 0 saturated carbocycles. The second-order valence-corrected chi connectivity index (χ2v) is 5.65. The van der Waals surface area contributed by atoms with Crippen molar-refractivity contribution in [1.29, 1.82) is 0 Å². The molecule has 108 valence electrons. The molecule has 1 N–H and O–H groups in total. The summed E-state index contributed by atoms with van der Waals surface area (Å²) >= 11 is 0. The van der Waals surface area contributed by atoms with Crippen molar-refractivity contribution in [2.45, 2.75) is 46.7 Å². The molecule has 0 bridgehead atoms. The maximum Gasteiger partial charge on any atom is 0.0271 e. The lowest BCUT2D eigenvalue weighted by Crippen LogP contribution is -2.40. The van der Waals surface area contributed by atoms with E-state index in [9.17, 15) is 0 Å². The van der Waals surface area contributed by atoms with Gasteiger partial charge < -0.3 is 5.32 Å². The Hall–Kier alpha value is -0.930. The molecule has 3 nitrogen and oxygen atoms in total. The van der Waals surface area contributed by atoms with Crippen LogP contribution in [0, 0.1) is 5.92 Å². The van der Waals surface area contributed by atoms with Crippen molar-refractivity contribution in [3.05, 3.63) is 30.1 Å². The number of likely N-dealkylation sites (N-methyl/N-ethyl adjacent to an activating group) is 1. The van der Waals surface area contributed by atoms with Crippen LogP contribution in [0.15, 0.2) is 24.5 Å². The Kier molecular flexibility index (Phi) is 7.68. The van der Waals surface area contributed by atoms with E-state index in [4.69, 9.17) is 0 Å². The molecule has 3 heteroatoms. The molecule has 1 rings (SSSR count). The summed E-state index contributed by atoms with van der Waals surface area (Å²) < 4.78 is 0. The fourth-order valence-corrected chi connectivity index (χ4v) is 2.13. The topological polar surface area (TPSA) is 28.2 Å². The number of pyridine rings is 1. The molecular formula is C16H29N3. The third kappa shape index (κ3) is 6.69. The van der Waals surface area contributed by atoms with Crippen molar-refractivity contribution in [3.63, 3.8) is 0 Å². The molecule has 0 aliphatic heterocycles. The molecule has 0 saturated heterocycles. The number of rotatable bonds is 9. The number of nitrogens with zero attached hydrogens (tertiary/aromatic N) is 2. The average molecular weight is 263 g/mol. The van der Waals surface area contributed by atoms with Gasteiger partial charge in [-0.25, -0.2) is 0 Å². The van der Waals surface area contributed by atoms with Gasteiger partial charge in [-0.05, 0) is 50.0 Å². The van der Waals surface area contributed by atoms with Gasteiger partial charge in [-0.2, -0.15) is 0 Å². The Morgan fingerprint density at radius 1 is 1.21 bits per heavy atom. The van der Waals surface area contributed by atoms with Gasteiger partial charge in [0.1, 0.15) is 0 Å². The van der Waals surface area contributed by atoms with Crippen molar-refractivity contribution in [1.82, 2.24) is 15.2 Å². The quantitative estimate of drug-likeness (QED) is 0.694. The van der Waals surface area contributed by atoms with E-state index in [1.54, 1.807) is 0 Å². The first-order valence-electron chi connectivity index (χ1n) is 7.47. The van der Waals surface area contributed by atoms with Gasteiger partial charge in [-0.15, -0.1) is 0 Å². The van der Waals surface area contributed by atoms with Gasteiger partial charge in [0.25, 0.3) is 0 Å². The molecule has 1 heterocycles. The highest BCUT2D eigenvalue weighted by molar-refractivity contribution is 5.09. The van der Waals surface area contributed by atoms with Crippen molar-refractivity contribution >= 4 is 0 Å². The van der Waals surface area contributed by atoms with Crippen molar-refractivity contribution in [2.75, 3.05) is 19.6 Å². The van der Waals surface area contributed by atoms with Gasteiger partial charge in [0.2, 0.25) is 0 Å². The number of hydrogen-bond acceptors (Lipinski definition) is 3. The molecular weight excluding hydrogens is 234 g/mol. The Morgan fingerprint density at radius 3 is 2.47 bits per heavy atom. The summed E-state index contributed by atoms with van der Waals surface area (Å²) in [4.78, 5) is 6.57. The summed E-state index contributed by atoms with van der Waals surface area (Å²) in [7, 11) is 0. The molecule has 0 spiro atoms. The fraction of sp³-hybridized carbons (Fsp3) is 0.688. The van der Waals surface area contributed by atoms with Crippen LogP contribution in [-0.4, -0.2) is 35.6 Å².